The van der Waals surface area contributed by atoms with Crippen molar-refractivity contribution in [2.75, 3.05) is 0 Å². The van der Waals surface area contributed by atoms with E-state index in [9.17, 15) is 15.8 Å². The smallest absolute Gasteiger partial charge is 0.217 e. The maximum Gasteiger partial charge on any atom is 0.217 e. The number of hydrogen-bond donors (Lipinski definition) is 1. The molecule has 3 heterocycles. The van der Waals surface area contributed by atoms with Crippen molar-refractivity contribution in [1.29, 1.82) is 21.2 Å². The van der Waals surface area contributed by atoms with Crippen LogP contribution in [0, 0.1) is 56.2 Å². The molecule has 0 radical (unpaired) electrons. The predicted molar refractivity (Wildman–Crippen MR) is 90.0 cm³/mol. The molecule has 0 aliphatic carbocycles. The lowest BCUT2D eigenvalue weighted by atomic mass is 9.53. The van der Waals surface area contributed by atoms with E-state index in [2.05, 4.69) is 11.1 Å². The number of hydrogen-bond acceptors (Lipinski definition) is 7. The molecule has 0 amide bonds. The lowest BCUT2D eigenvalue weighted by molar-refractivity contribution is -0.287. The molecule has 0 saturated carbocycles. The Labute approximate surface area is 152 Å². The molecule has 1 aromatic rings. The van der Waals surface area contributed by atoms with Gasteiger partial charge >= 0.3 is 0 Å². The van der Waals surface area contributed by atoms with Crippen molar-refractivity contribution >= 4 is 5.90 Å². The van der Waals surface area contributed by atoms with Crippen LogP contribution in [0.3, 0.4) is 0 Å². The highest BCUT2D eigenvalue weighted by Gasteiger charge is 2.79. The molecule has 0 spiro atoms. The predicted octanol–water partition coefficient (Wildman–Crippen LogP) is 3.23. The first-order valence-electron chi connectivity index (χ1n) is 8.62. The molecule has 1 N–H and O–H groups in total. The summed E-state index contributed by atoms with van der Waals surface area (Å²) >= 11 is 0. The van der Waals surface area contributed by atoms with Gasteiger partial charge in [-0.2, -0.15) is 15.8 Å². The molecule has 2 saturated heterocycles. The van der Waals surface area contributed by atoms with E-state index in [1.807, 2.05) is 26.0 Å². The molecule has 3 rings (SSSR count). The van der Waals surface area contributed by atoms with Crippen LogP contribution in [0.1, 0.15) is 44.9 Å². The average molecular weight is 349 g/mol. The van der Waals surface area contributed by atoms with Crippen molar-refractivity contribution in [2.45, 2.75) is 45.0 Å². The number of nitrogens with one attached hydrogen (secondary N) is 1. The number of aromatic nitrogens is 1. The van der Waals surface area contributed by atoms with Crippen LogP contribution >= 0.6 is 0 Å². The van der Waals surface area contributed by atoms with Gasteiger partial charge in [0.15, 0.2) is 5.41 Å². The van der Waals surface area contributed by atoms with Gasteiger partial charge in [-0.25, -0.2) is 0 Å². The van der Waals surface area contributed by atoms with Crippen LogP contribution in [0.4, 0.5) is 0 Å². The minimum Gasteiger partial charge on any atom is -0.447 e. The number of fused-ring (bicyclic) bond motifs is 2. The summed E-state index contributed by atoms with van der Waals surface area (Å²) in [6.45, 7) is 3.81. The van der Waals surface area contributed by atoms with Gasteiger partial charge in [0.2, 0.25) is 17.1 Å². The largest absolute Gasteiger partial charge is 0.447 e. The molecule has 4 atom stereocenters. The highest BCUT2D eigenvalue weighted by Crippen LogP contribution is 2.67. The van der Waals surface area contributed by atoms with E-state index in [1.165, 1.54) is 0 Å². The fourth-order valence-electron chi connectivity index (χ4n) is 4.47. The quantitative estimate of drug-likeness (QED) is 0.889. The van der Waals surface area contributed by atoms with Crippen LogP contribution in [0.15, 0.2) is 24.4 Å². The van der Waals surface area contributed by atoms with E-state index >= 15 is 0 Å². The average Bonchev–Trinajstić information content (AvgIpc) is 2.86. The number of ether oxygens (including phenoxy) is 2. The third kappa shape index (κ3) is 1.88. The number of pyridine rings is 1. The molecule has 2 bridgehead atoms. The molecule has 4 unspecified atom stereocenters. The van der Waals surface area contributed by atoms with Crippen LogP contribution in [0.25, 0.3) is 0 Å². The van der Waals surface area contributed by atoms with E-state index in [4.69, 9.17) is 14.9 Å². The molecule has 1 aromatic heterocycles. The van der Waals surface area contributed by atoms with Gasteiger partial charge in [-0.15, -0.1) is 0 Å². The Bertz CT molecular complexity index is 835. The van der Waals surface area contributed by atoms with E-state index in [0.717, 1.165) is 0 Å². The van der Waals surface area contributed by atoms with E-state index in [1.54, 1.807) is 24.4 Å². The van der Waals surface area contributed by atoms with Crippen molar-refractivity contribution in [3.8, 4) is 18.2 Å². The number of rotatable bonds is 4. The van der Waals surface area contributed by atoms with Gasteiger partial charge < -0.3 is 9.47 Å². The maximum absolute atomic E-state index is 10.1. The zero-order valence-electron chi connectivity index (χ0n) is 14.7. The molecular formula is C19H19N5O2. The maximum atomic E-state index is 10.1. The first kappa shape index (κ1) is 17.9. The van der Waals surface area contributed by atoms with Crippen molar-refractivity contribution in [1.82, 2.24) is 4.98 Å². The minimum atomic E-state index is -1.93. The van der Waals surface area contributed by atoms with Gasteiger partial charge in [-0.3, -0.25) is 10.4 Å². The first-order chi connectivity index (χ1) is 12.5. The summed E-state index contributed by atoms with van der Waals surface area (Å²) in [6.07, 6.45) is 2.05. The van der Waals surface area contributed by atoms with Crippen molar-refractivity contribution < 1.29 is 9.47 Å². The van der Waals surface area contributed by atoms with Crippen LogP contribution in [0.5, 0.6) is 0 Å². The second-order valence-electron chi connectivity index (χ2n) is 6.66. The standard InChI is InChI=1S/C19H19N5O2/c1-3-8-19-14(4-2)18(12-22,16(23)26-19)17(10-20,11-21)15(25-19)13-7-5-6-9-24-13/h5-7,9,14-15,23H,3-4,8H2,1-2H3. The van der Waals surface area contributed by atoms with E-state index in [-0.39, 0.29) is 5.90 Å². The van der Waals surface area contributed by atoms with Gasteiger partial charge in [0.1, 0.15) is 6.10 Å². The molecular weight excluding hydrogens is 330 g/mol. The summed E-state index contributed by atoms with van der Waals surface area (Å²) < 4.78 is 12.1. The second kappa shape index (κ2) is 6.09. The minimum absolute atomic E-state index is 0.359. The van der Waals surface area contributed by atoms with Crippen molar-refractivity contribution in [2.24, 2.45) is 16.7 Å². The van der Waals surface area contributed by atoms with E-state index < -0.39 is 28.6 Å². The summed E-state index contributed by atoms with van der Waals surface area (Å²) in [4.78, 5) is 4.26. The Morgan fingerprint density at radius 2 is 1.92 bits per heavy atom. The summed E-state index contributed by atoms with van der Waals surface area (Å²) in [7, 11) is 0. The van der Waals surface area contributed by atoms with Crippen LogP contribution < -0.4 is 0 Å². The van der Waals surface area contributed by atoms with Gasteiger partial charge in [-0.05, 0) is 25.0 Å². The summed E-state index contributed by atoms with van der Waals surface area (Å²) in [6, 6.07) is 11.3. The lowest BCUT2D eigenvalue weighted by Gasteiger charge is -2.49. The molecule has 26 heavy (non-hydrogen) atoms. The van der Waals surface area contributed by atoms with Crippen LogP contribution in [0.2, 0.25) is 0 Å². The third-order valence-corrected chi connectivity index (χ3v) is 5.51. The fourth-order valence-corrected chi connectivity index (χ4v) is 4.47. The Morgan fingerprint density at radius 3 is 2.42 bits per heavy atom. The van der Waals surface area contributed by atoms with E-state index in [0.29, 0.717) is 25.0 Å². The SMILES string of the molecule is CCCC12OC(=N)C(C#N)(C1CC)C(C#N)(C#N)C(c1ccccn1)O2. The van der Waals surface area contributed by atoms with Gasteiger partial charge in [0.25, 0.3) is 0 Å². The third-order valence-electron chi connectivity index (χ3n) is 5.51. The van der Waals surface area contributed by atoms with Crippen LogP contribution in [-0.4, -0.2) is 16.7 Å². The molecule has 0 aromatic carbocycles. The number of nitrogens with zero attached hydrogens (tertiary/aromatic N) is 4. The normalized spacial score (nSPS) is 34.2. The molecule has 2 aliphatic rings. The van der Waals surface area contributed by atoms with Crippen LogP contribution in [-0.2, 0) is 9.47 Å². The topological polar surface area (TPSA) is 127 Å². The molecule has 7 nitrogen and oxygen atoms in total. The second-order valence-corrected chi connectivity index (χ2v) is 6.66. The van der Waals surface area contributed by atoms with Gasteiger partial charge in [-0.1, -0.05) is 19.9 Å². The first-order valence-corrected chi connectivity index (χ1v) is 8.62. The summed E-state index contributed by atoms with van der Waals surface area (Å²) in [5.41, 5.74) is -3.26. The summed E-state index contributed by atoms with van der Waals surface area (Å²) in [5.74, 6) is -2.16. The zero-order valence-corrected chi connectivity index (χ0v) is 14.7. The molecule has 2 fully saturated rings. The van der Waals surface area contributed by atoms with Crippen molar-refractivity contribution in [3.63, 3.8) is 0 Å². The van der Waals surface area contributed by atoms with Crippen molar-refractivity contribution in [3.05, 3.63) is 30.1 Å². The highest BCUT2D eigenvalue weighted by atomic mass is 16.7. The molecule has 132 valence electrons. The molecule has 2 aliphatic heterocycles. The summed E-state index contributed by atoms with van der Waals surface area (Å²) in [5, 5.41) is 38.7. The number of nitriles is 3. The Kier molecular flexibility index (Phi) is 4.18. The van der Waals surface area contributed by atoms with Gasteiger partial charge in [0.05, 0.1) is 29.8 Å². The fraction of sp³-hybridized carbons (Fsp3) is 0.526. The molecule has 7 heteroatoms. The zero-order chi connectivity index (χ0) is 19.0. The van der Waals surface area contributed by atoms with Gasteiger partial charge in [0, 0.05) is 12.6 Å². The highest BCUT2D eigenvalue weighted by molar-refractivity contribution is 5.89. The Hall–Kier alpha value is -2.95. The monoisotopic (exact) mass is 349 g/mol. The Morgan fingerprint density at radius 1 is 1.19 bits per heavy atom. The lowest BCUT2D eigenvalue weighted by Crippen LogP contribution is -2.59. The Balaban J connectivity index is 2.34.